The summed E-state index contributed by atoms with van der Waals surface area (Å²) in [6.45, 7) is 6.27. The van der Waals surface area contributed by atoms with Crippen molar-refractivity contribution in [3.05, 3.63) is 23.9 Å². The number of pyridine rings is 1. The molecule has 164 valence electrons. The first-order valence-corrected chi connectivity index (χ1v) is 11.0. The van der Waals surface area contributed by atoms with Gasteiger partial charge >= 0.3 is 0 Å². The summed E-state index contributed by atoms with van der Waals surface area (Å²) in [5.41, 5.74) is 0.952. The van der Waals surface area contributed by atoms with Gasteiger partial charge in [-0.2, -0.15) is 0 Å². The van der Waals surface area contributed by atoms with Crippen LogP contribution in [0.2, 0.25) is 0 Å². The molecule has 3 amide bonds. The Morgan fingerprint density at radius 2 is 1.57 bits per heavy atom. The molecule has 3 heterocycles. The molecule has 0 radical (unpaired) electrons. The first-order valence-electron chi connectivity index (χ1n) is 11.0. The second-order valence-electron chi connectivity index (χ2n) is 8.09. The summed E-state index contributed by atoms with van der Waals surface area (Å²) in [6, 6.07) is 4.03. The van der Waals surface area contributed by atoms with Gasteiger partial charge in [0, 0.05) is 71.8 Å². The Morgan fingerprint density at radius 3 is 2.17 bits per heavy atom. The van der Waals surface area contributed by atoms with Crippen LogP contribution in [0.3, 0.4) is 0 Å². The van der Waals surface area contributed by atoms with Gasteiger partial charge in [0.1, 0.15) is 5.82 Å². The molecule has 0 aliphatic carbocycles. The lowest BCUT2D eigenvalue weighted by Crippen LogP contribution is -2.50. The van der Waals surface area contributed by atoms with Gasteiger partial charge in [-0.1, -0.05) is 18.9 Å². The lowest BCUT2D eigenvalue weighted by atomic mass is 10.2. The Kier molecular flexibility index (Phi) is 8.04. The fourth-order valence-corrected chi connectivity index (χ4v) is 3.95. The van der Waals surface area contributed by atoms with Crippen molar-refractivity contribution >= 4 is 23.5 Å². The first-order chi connectivity index (χ1) is 14.5. The molecule has 1 aromatic heterocycles. The number of rotatable bonds is 6. The van der Waals surface area contributed by atoms with Crippen LogP contribution in [0.5, 0.6) is 0 Å². The molecule has 1 N–H and O–H groups in total. The van der Waals surface area contributed by atoms with E-state index in [9.17, 15) is 14.4 Å². The fraction of sp³-hybridized carbons (Fsp3) is 0.636. The van der Waals surface area contributed by atoms with Gasteiger partial charge in [0.25, 0.3) is 0 Å². The molecule has 2 saturated heterocycles. The van der Waals surface area contributed by atoms with Crippen molar-refractivity contribution in [2.45, 2.75) is 52.0 Å². The smallest absolute Gasteiger partial charge is 0.223 e. The Hall–Kier alpha value is -2.64. The number of piperazine rings is 1. The lowest BCUT2D eigenvalue weighted by molar-refractivity contribution is -0.139. The number of hydrogen-bond donors (Lipinski definition) is 1. The van der Waals surface area contributed by atoms with Crippen LogP contribution in [-0.4, -0.2) is 71.8 Å². The molecule has 0 saturated carbocycles. The van der Waals surface area contributed by atoms with Crippen LogP contribution in [0, 0.1) is 0 Å². The van der Waals surface area contributed by atoms with E-state index in [1.165, 1.54) is 25.7 Å². The van der Waals surface area contributed by atoms with Crippen molar-refractivity contribution in [3.8, 4) is 0 Å². The Balaban J connectivity index is 1.36. The summed E-state index contributed by atoms with van der Waals surface area (Å²) < 4.78 is 0. The second-order valence-corrected chi connectivity index (χ2v) is 8.09. The van der Waals surface area contributed by atoms with E-state index in [0.29, 0.717) is 32.7 Å². The number of aromatic nitrogens is 1. The minimum Gasteiger partial charge on any atom is -0.357 e. The Labute approximate surface area is 178 Å². The maximum absolute atomic E-state index is 12.3. The van der Waals surface area contributed by atoms with E-state index >= 15 is 0 Å². The van der Waals surface area contributed by atoms with Gasteiger partial charge in [0.15, 0.2) is 0 Å². The monoisotopic (exact) mass is 415 g/mol. The molecular weight excluding hydrogens is 382 g/mol. The van der Waals surface area contributed by atoms with Gasteiger partial charge in [0.05, 0.1) is 0 Å². The highest BCUT2D eigenvalue weighted by Gasteiger charge is 2.22. The summed E-state index contributed by atoms with van der Waals surface area (Å²) in [4.78, 5) is 46.1. The molecule has 3 rings (SSSR count). The van der Waals surface area contributed by atoms with Crippen LogP contribution in [0.1, 0.15) is 51.0 Å². The number of nitrogens with zero attached hydrogens (tertiary/aromatic N) is 4. The third kappa shape index (κ3) is 6.43. The summed E-state index contributed by atoms with van der Waals surface area (Å²) >= 11 is 0. The standard InChI is InChI=1S/C22H33N5O3/c1-18(28)25-12-14-27(15-13-25)22(30)9-8-21(29)24-17-19-6-7-20(23-16-19)26-10-4-2-3-5-11-26/h6-7,16H,2-5,8-15,17H2,1H3,(H,24,29). The quantitative estimate of drug-likeness (QED) is 0.762. The molecule has 1 aromatic rings. The van der Waals surface area contributed by atoms with E-state index in [1.807, 2.05) is 18.3 Å². The van der Waals surface area contributed by atoms with Crippen molar-refractivity contribution in [1.82, 2.24) is 20.1 Å². The molecule has 0 bridgehead atoms. The SMILES string of the molecule is CC(=O)N1CCN(C(=O)CCC(=O)NCc2ccc(N3CCCCCC3)nc2)CC1. The molecule has 8 heteroatoms. The highest BCUT2D eigenvalue weighted by molar-refractivity contribution is 5.84. The van der Waals surface area contributed by atoms with E-state index in [0.717, 1.165) is 24.5 Å². The summed E-state index contributed by atoms with van der Waals surface area (Å²) in [5, 5.41) is 2.87. The van der Waals surface area contributed by atoms with Gasteiger partial charge in [-0.15, -0.1) is 0 Å². The molecule has 0 unspecified atom stereocenters. The zero-order valence-corrected chi connectivity index (χ0v) is 17.9. The molecule has 2 fully saturated rings. The van der Waals surface area contributed by atoms with Crippen LogP contribution in [-0.2, 0) is 20.9 Å². The van der Waals surface area contributed by atoms with Gasteiger partial charge < -0.3 is 20.0 Å². The van der Waals surface area contributed by atoms with Crippen LogP contribution in [0.25, 0.3) is 0 Å². The van der Waals surface area contributed by atoms with Crippen LogP contribution in [0.4, 0.5) is 5.82 Å². The predicted octanol–water partition coefficient (Wildman–Crippen LogP) is 1.55. The van der Waals surface area contributed by atoms with Gasteiger partial charge in [-0.3, -0.25) is 14.4 Å². The molecule has 2 aliphatic rings. The van der Waals surface area contributed by atoms with Crippen molar-refractivity contribution in [3.63, 3.8) is 0 Å². The maximum Gasteiger partial charge on any atom is 0.223 e. The van der Waals surface area contributed by atoms with E-state index in [2.05, 4.69) is 15.2 Å². The average Bonchev–Trinajstić information content (AvgIpc) is 3.06. The average molecular weight is 416 g/mol. The third-order valence-electron chi connectivity index (χ3n) is 5.87. The van der Waals surface area contributed by atoms with Gasteiger partial charge in [0.2, 0.25) is 17.7 Å². The zero-order valence-electron chi connectivity index (χ0n) is 17.9. The third-order valence-corrected chi connectivity index (χ3v) is 5.87. The Morgan fingerprint density at radius 1 is 0.900 bits per heavy atom. The van der Waals surface area contributed by atoms with Gasteiger partial charge in [-0.25, -0.2) is 4.98 Å². The van der Waals surface area contributed by atoms with Crippen LogP contribution < -0.4 is 10.2 Å². The van der Waals surface area contributed by atoms with Crippen molar-refractivity contribution in [2.75, 3.05) is 44.2 Å². The van der Waals surface area contributed by atoms with E-state index in [4.69, 9.17) is 0 Å². The minimum absolute atomic E-state index is 0.0307. The highest BCUT2D eigenvalue weighted by Crippen LogP contribution is 2.17. The summed E-state index contributed by atoms with van der Waals surface area (Å²) in [5.74, 6) is 0.872. The van der Waals surface area contributed by atoms with E-state index < -0.39 is 0 Å². The van der Waals surface area contributed by atoms with E-state index in [1.54, 1.807) is 16.7 Å². The summed E-state index contributed by atoms with van der Waals surface area (Å²) in [6.07, 6.45) is 7.19. The van der Waals surface area contributed by atoms with E-state index in [-0.39, 0.29) is 30.6 Å². The molecule has 30 heavy (non-hydrogen) atoms. The number of nitrogens with one attached hydrogen (secondary N) is 1. The molecule has 0 spiro atoms. The zero-order chi connectivity index (χ0) is 21.3. The number of amides is 3. The topological polar surface area (TPSA) is 85.8 Å². The Bertz CT molecular complexity index is 721. The maximum atomic E-state index is 12.3. The number of carbonyl (C=O) groups excluding carboxylic acids is 3. The molecular formula is C22H33N5O3. The largest absolute Gasteiger partial charge is 0.357 e. The van der Waals surface area contributed by atoms with Crippen molar-refractivity contribution < 1.29 is 14.4 Å². The fourth-order valence-electron chi connectivity index (χ4n) is 3.95. The van der Waals surface area contributed by atoms with Crippen LogP contribution >= 0.6 is 0 Å². The summed E-state index contributed by atoms with van der Waals surface area (Å²) in [7, 11) is 0. The predicted molar refractivity (Wildman–Crippen MR) is 115 cm³/mol. The highest BCUT2D eigenvalue weighted by atomic mass is 16.2. The number of hydrogen-bond acceptors (Lipinski definition) is 5. The normalized spacial score (nSPS) is 17.4. The molecule has 0 atom stereocenters. The van der Waals surface area contributed by atoms with Gasteiger partial charge in [-0.05, 0) is 24.5 Å². The molecule has 2 aliphatic heterocycles. The second kappa shape index (κ2) is 10.9. The number of anilines is 1. The number of carbonyl (C=O) groups is 3. The molecule has 8 nitrogen and oxygen atoms in total. The lowest BCUT2D eigenvalue weighted by Gasteiger charge is -2.34. The minimum atomic E-state index is -0.137. The first kappa shape index (κ1) is 22.1. The molecule has 0 aromatic carbocycles. The van der Waals surface area contributed by atoms with Crippen LogP contribution in [0.15, 0.2) is 18.3 Å². The van der Waals surface area contributed by atoms with Crippen molar-refractivity contribution in [2.24, 2.45) is 0 Å². The van der Waals surface area contributed by atoms with Crippen molar-refractivity contribution in [1.29, 1.82) is 0 Å².